The Hall–Kier alpha value is -2.86. The molecule has 1 aliphatic rings. The van der Waals surface area contributed by atoms with E-state index >= 15 is 0 Å². The predicted molar refractivity (Wildman–Crippen MR) is 84.4 cm³/mol. The molecule has 23 heavy (non-hydrogen) atoms. The van der Waals surface area contributed by atoms with E-state index in [1.54, 1.807) is 6.07 Å². The second kappa shape index (κ2) is 6.10. The molecule has 0 atom stereocenters. The zero-order valence-corrected chi connectivity index (χ0v) is 12.6. The molecule has 1 aliphatic heterocycles. The van der Waals surface area contributed by atoms with Crippen molar-refractivity contribution in [2.75, 3.05) is 18.5 Å². The number of para-hydroxylation sites is 1. The maximum atomic E-state index is 12.2. The Kier molecular flexibility index (Phi) is 3.99. The van der Waals surface area contributed by atoms with Crippen molar-refractivity contribution in [3.63, 3.8) is 0 Å². The summed E-state index contributed by atoms with van der Waals surface area (Å²) in [5, 5.41) is 11.9. The Labute approximate surface area is 133 Å². The molecule has 0 fully saturated rings. The lowest BCUT2D eigenvalue weighted by molar-refractivity contribution is -0.137. The molecule has 0 spiro atoms. The smallest absolute Gasteiger partial charge is 0.277 e. The van der Waals surface area contributed by atoms with Crippen LogP contribution in [0.2, 0.25) is 0 Å². The number of imide groups is 1. The van der Waals surface area contributed by atoms with E-state index in [2.05, 4.69) is 5.32 Å². The molecule has 3 rings (SSSR count). The quantitative estimate of drug-likeness (QED) is 0.824. The van der Waals surface area contributed by atoms with E-state index in [1.807, 2.05) is 37.3 Å². The number of carbonyl (C=O) groups excluding carboxylic acids is 2. The first kappa shape index (κ1) is 15.1. The van der Waals surface area contributed by atoms with Gasteiger partial charge in [-0.25, -0.2) is 0 Å². The Morgan fingerprint density at radius 1 is 1.17 bits per heavy atom. The zero-order chi connectivity index (χ0) is 16.4. The fourth-order valence-electron chi connectivity index (χ4n) is 2.44. The number of furan rings is 1. The Bertz CT molecular complexity index is 791. The lowest BCUT2D eigenvalue weighted by atomic mass is 10.1. The van der Waals surface area contributed by atoms with Gasteiger partial charge >= 0.3 is 0 Å². The van der Waals surface area contributed by atoms with Gasteiger partial charge in [0.2, 0.25) is 0 Å². The molecule has 2 amide bonds. The van der Waals surface area contributed by atoms with Gasteiger partial charge in [-0.1, -0.05) is 12.1 Å². The van der Waals surface area contributed by atoms with E-state index in [9.17, 15) is 9.59 Å². The van der Waals surface area contributed by atoms with Gasteiger partial charge in [-0.2, -0.15) is 0 Å². The van der Waals surface area contributed by atoms with Gasteiger partial charge in [0.25, 0.3) is 11.8 Å². The maximum absolute atomic E-state index is 12.2. The Morgan fingerprint density at radius 3 is 2.65 bits per heavy atom. The summed E-state index contributed by atoms with van der Waals surface area (Å²) in [4.78, 5) is 25.0. The van der Waals surface area contributed by atoms with Crippen molar-refractivity contribution in [2.45, 2.75) is 6.92 Å². The molecule has 6 heteroatoms. The van der Waals surface area contributed by atoms with Crippen LogP contribution in [-0.4, -0.2) is 35.0 Å². The van der Waals surface area contributed by atoms with Gasteiger partial charge in [0.1, 0.15) is 17.2 Å². The number of β-amino-alcohol motifs (C(OH)–C–C–N with tert-alkyl or cyclic N) is 1. The first-order chi connectivity index (χ1) is 11.1. The highest BCUT2D eigenvalue weighted by Crippen LogP contribution is 2.30. The van der Waals surface area contributed by atoms with Crippen molar-refractivity contribution in [1.82, 2.24) is 4.90 Å². The van der Waals surface area contributed by atoms with Crippen LogP contribution in [0.3, 0.4) is 0 Å². The monoisotopic (exact) mass is 312 g/mol. The highest BCUT2D eigenvalue weighted by atomic mass is 16.3. The lowest BCUT2D eigenvalue weighted by Gasteiger charge is -2.14. The van der Waals surface area contributed by atoms with Gasteiger partial charge in [-0.05, 0) is 31.2 Å². The third kappa shape index (κ3) is 2.89. The number of hydrogen-bond donors (Lipinski definition) is 2. The summed E-state index contributed by atoms with van der Waals surface area (Å²) in [6.07, 6.45) is 1.24. The Balaban J connectivity index is 1.89. The number of rotatable bonds is 5. The first-order valence-electron chi connectivity index (χ1n) is 7.21. The molecule has 0 aliphatic carbocycles. The number of amides is 2. The van der Waals surface area contributed by atoms with Crippen LogP contribution >= 0.6 is 0 Å². The molecule has 0 unspecified atom stereocenters. The fraction of sp³-hybridized carbons (Fsp3) is 0.176. The number of nitrogens with zero attached hydrogens (tertiary/aromatic N) is 1. The Morgan fingerprint density at radius 2 is 1.96 bits per heavy atom. The standard InChI is InChI=1S/C17H16N2O4/c1-11-6-7-15(23-11)12-4-2-3-5-13(12)18-14-10-16(21)19(8-9-20)17(14)22/h2-7,10,18,20H,8-9H2,1H3. The number of nitrogens with one attached hydrogen (secondary N) is 1. The summed E-state index contributed by atoms with van der Waals surface area (Å²) >= 11 is 0. The van der Waals surface area contributed by atoms with Gasteiger partial charge in [-0.15, -0.1) is 0 Å². The molecular formula is C17H16N2O4. The van der Waals surface area contributed by atoms with Crippen LogP contribution in [0.25, 0.3) is 11.3 Å². The van der Waals surface area contributed by atoms with Crippen molar-refractivity contribution < 1.29 is 19.1 Å². The minimum absolute atomic E-state index is 0.0155. The summed E-state index contributed by atoms with van der Waals surface area (Å²) in [5.41, 5.74) is 1.64. The van der Waals surface area contributed by atoms with Crippen molar-refractivity contribution >= 4 is 17.5 Å². The second-order valence-electron chi connectivity index (χ2n) is 5.16. The summed E-state index contributed by atoms with van der Waals surface area (Å²) in [6.45, 7) is 1.58. The molecule has 1 aromatic carbocycles. The van der Waals surface area contributed by atoms with Crippen LogP contribution in [0.5, 0.6) is 0 Å². The van der Waals surface area contributed by atoms with E-state index in [4.69, 9.17) is 9.52 Å². The van der Waals surface area contributed by atoms with Crippen LogP contribution in [0.1, 0.15) is 5.76 Å². The fourth-order valence-corrected chi connectivity index (χ4v) is 2.44. The first-order valence-corrected chi connectivity index (χ1v) is 7.21. The number of benzene rings is 1. The second-order valence-corrected chi connectivity index (χ2v) is 5.16. The maximum Gasteiger partial charge on any atom is 0.277 e. The van der Waals surface area contributed by atoms with E-state index in [0.717, 1.165) is 16.2 Å². The van der Waals surface area contributed by atoms with Gasteiger partial charge in [-0.3, -0.25) is 14.5 Å². The third-order valence-electron chi connectivity index (χ3n) is 3.54. The van der Waals surface area contributed by atoms with Crippen LogP contribution in [-0.2, 0) is 9.59 Å². The number of anilines is 1. The summed E-state index contributed by atoms with van der Waals surface area (Å²) in [5.74, 6) is 0.581. The highest BCUT2D eigenvalue weighted by molar-refractivity contribution is 6.17. The van der Waals surface area contributed by atoms with Gasteiger partial charge in [0, 0.05) is 17.3 Å². The molecule has 0 bridgehead atoms. The lowest BCUT2D eigenvalue weighted by Crippen LogP contribution is -2.34. The van der Waals surface area contributed by atoms with Crippen LogP contribution in [0, 0.1) is 6.92 Å². The number of aliphatic hydroxyl groups is 1. The number of hydrogen-bond acceptors (Lipinski definition) is 5. The molecular weight excluding hydrogens is 296 g/mol. The van der Waals surface area contributed by atoms with E-state index in [1.165, 1.54) is 6.08 Å². The topological polar surface area (TPSA) is 82.8 Å². The van der Waals surface area contributed by atoms with Gasteiger partial charge in [0.15, 0.2) is 0 Å². The normalized spacial score (nSPS) is 14.3. The predicted octanol–water partition coefficient (Wildman–Crippen LogP) is 1.91. The van der Waals surface area contributed by atoms with Crippen molar-refractivity contribution in [1.29, 1.82) is 0 Å². The number of aryl methyl sites for hydroxylation is 1. The van der Waals surface area contributed by atoms with E-state index in [0.29, 0.717) is 11.4 Å². The molecule has 0 radical (unpaired) electrons. The number of carbonyl (C=O) groups is 2. The van der Waals surface area contributed by atoms with Gasteiger partial charge in [0.05, 0.1) is 13.2 Å². The summed E-state index contributed by atoms with van der Waals surface area (Å²) in [6, 6.07) is 11.1. The minimum Gasteiger partial charge on any atom is -0.461 e. The molecule has 2 N–H and O–H groups in total. The molecule has 0 saturated carbocycles. The van der Waals surface area contributed by atoms with Crippen molar-refractivity contribution in [3.05, 3.63) is 53.9 Å². The highest BCUT2D eigenvalue weighted by Gasteiger charge is 2.31. The van der Waals surface area contributed by atoms with E-state index in [-0.39, 0.29) is 18.8 Å². The molecule has 118 valence electrons. The zero-order valence-electron chi connectivity index (χ0n) is 12.6. The largest absolute Gasteiger partial charge is 0.461 e. The summed E-state index contributed by atoms with van der Waals surface area (Å²) < 4.78 is 5.63. The molecule has 2 heterocycles. The molecule has 1 aromatic heterocycles. The molecule has 0 saturated heterocycles. The minimum atomic E-state index is -0.450. The van der Waals surface area contributed by atoms with Crippen LogP contribution < -0.4 is 5.32 Å². The average Bonchev–Trinajstić information content (AvgIpc) is 3.07. The van der Waals surface area contributed by atoms with Crippen LogP contribution in [0.15, 0.2) is 52.6 Å². The molecule has 2 aromatic rings. The SMILES string of the molecule is Cc1ccc(-c2ccccc2NC2=CC(=O)N(CCO)C2=O)o1. The average molecular weight is 312 g/mol. The van der Waals surface area contributed by atoms with Crippen LogP contribution in [0.4, 0.5) is 5.69 Å². The molecule has 6 nitrogen and oxygen atoms in total. The third-order valence-corrected chi connectivity index (χ3v) is 3.54. The van der Waals surface area contributed by atoms with Crippen molar-refractivity contribution in [3.8, 4) is 11.3 Å². The van der Waals surface area contributed by atoms with Crippen molar-refractivity contribution in [2.24, 2.45) is 0 Å². The summed E-state index contributed by atoms with van der Waals surface area (Å²) in [7, 11) is 0. The number of aliphatic hydroxyl groups excluding tert-OH is 1. The van der Waals surface area contributed by atoms with E-state index < -0.39 is 11.8 Å². The van der Waals surface area contributed by atoms with Gasteiger partial charge < -0.3 is 14.8 Å².